The Morgan fingerprint density at radius 2 is 1.83 bits per heavy atom. The van der Waals surface area contributed by atoms with E-state index in [9.17, 15) is 23.1 Å². The number of carbonyl (C=O) groups excluding carboxylic acids is 1. The Labute approximate surface area is 134 Å². The van der Waals surface area contributed by atoms with Gasteiger partial charge in [0.25, 0.3) is 0 Å². The Balaban J connectivity index is 2.81. The first-order valence-electron chi connectivity index (χ1n) is 7.47. The summed E-state index contributed by atoms with van der Waals surface area (Å²) < 4.78 is 50.1. The molecule has 4 nitrogen and oxygen atoms in total. The van der Waals surface area contributed by atoms with Gasteiger partial charge in [0.15, 0.2) is 5.60 Å². The second-order valence-corrected chi connectivity index (χ2v) is 7.18. The van der Waals surface area contributed by atoms with E-state index in [1.807, 2.05) is 0 Å². The first kappa shape index (κ1) is 20.0. The third-order valence-corrected chi connectivity index (χ3v) is 4.50. The van der Waals surface area contributed by atoms with E-state index in [0.29, 0.717) is 19.8 Å². The highest BCUT2D eigenvalue weighted by Crippen LogP contribution is 2.45. The summed E-state index contributed by atoms with van der Waals surface area (Å²) in [6.07, 6.45) is -4.07. The zero-order chi connectivity index (χ0) is 18.3. The molecule has 0 saturated heterocycles. The van der Waals surface area contributed by atoms with Crippen molar-refractivity contribution in [1.82, 2.24) is 0 Å². The number of esters is 1. The monoisotopic (exact) mass is 338 g/mol. The molecular weight excluding hydrogens is 313 g/mol. The molecule has 0 radical (unpaired) electrons. The maximum atomic E-state index is 13.1. The van der Waals surface area contributed by atoms with Crippen molar-refractivity contribution in [3.05, 3.63) is 12.2 Å². The third kappa shape index (κ3) is 4.26. The summed E-state index contributed by atoms with van der Waals surface area (Å²) in [7, 11) is 0. The molecule has 0 heterocycles. The smallest absolute Gasteiger partial charge is 0.419 e. The van der Waals surface area contributed by atoms with Crippen LogP contribution < -0.4 is 0 Å². The second kappa shape index (κ2) is 6.09. The Bertz CT molecular complexity index is 482. The molecule has 0 aromatic rings. The van der Waals surface area contributed by atoms with E-state index in [1.165, 1.54) is 20.8 Å². The van der Waals surface area contributed by atoms with Crippen LogP contribution in [0.5, 0.6) is 0 Å². The normalized spacial score (nSPS) is 28.3. The van der Waals surface area contributed by atoms with Gasteiger partial charge in [0.05, 0.1) is 5.60 Å². The fraction of sp³-hybridized carbons (Fsp3) is 0.812. The molecule has 7 heteroatoms. The van der Waals surface area contributed by atoms with Crippen molar-refractivity contribution in [1.29, 1.82) is 0 Å². The summed E-state index contributed by atoms with van der Waals surface area (Å²) in [4.78, 5) is 11.5. The molecular formula is C16H25F3O4. The number of hydrogen-bond donors (Lipinski definition) is 1. The van der Waals surface area contributed by atoms with Gasteiger partial charge in [0.2, 0.25) is 0 Å². The second-order valence-electron chi connectivity index (χ2n) is 7.18. The van der Waals surface area contributed by atoms with Crippen molar-refractivity contribution in [3.8, 4) is 0 Å². The van der Waals surface area contributed by atoms with Crippen molar-refractivity contribution in [2.24, 2.45) is 0 Å². The molecule has 3 unspecified atom stereocenters. The Morgan fingerprint density at radius 1 is 1.30 bits per heavy atom. The molecule has 0 aromatic carbocycles. The Kier molecular flexibility index (Phi) is 5.29. The molecule has 1 saturated carbocycles. The van der Waals surface area contributed by atoms with E-state index < -0.39 is 35.1 Å². The quantitative estimate of drug-likeness (QED) is 0.615. The maximum absolute atomic E-state index is 13.1. The van der Waals surface area contributed by atoms with Gasteiger partial charge in [-0.05, 0) is 47.5 Å². The summed E-state index contributed by atoms with van der Waals surface area (Å²) in [5.74, 6) is -0.527. The summed E-state index contributed by atoms with van der Waals surface area (Å²) in [5, 5.41) is 9.89. The molecule has 23 heavy (non-hydrogen) atoms. The fourth-order valence-electron chi connectivity index (χ4n) is 2.65. The molecule has 0 aliphatic heterocycles. The van der Waals surface area contributed by atoms with Crippen molar-refractivity contribution in [2.75, 3.05) is 0 Å². The van der Waals surface area contributed by atoms with Crippen LogP contribution in [0.4, 0.5) is 13.2 Å². The molecule has 0 aromatic heterocycles. The van der Waals surface area contributed by atoms with Gasteiger partial charge >= 0.3 is 12.1 Å². The van der Waals surface area contributed by atoms with Crippen LogP contribution in [-0.2, 0) is 14.3 Å². The van der Waals surface area contributed by atoms with Gasteiger partial charge in [-0.3, -0.25) is 0 Å². The number of ether oxygens (including phenoxy) is 2. The minimum atomic E-state index is -4.82. The lowest BCUT2D eigenvalue weighted by atomic mass is 9.85. The lowest BCUT2D eigenvalue weighted by Crippen LogP contribution is -2.61. The van der Waals surface area contributed by atoms with E-state index in [0.717, 1.165) is 0 Å². The number of halogens is 3. The zero-order valence-electron chi connectivity index (χ0n) is 14.2. The molecule has 3 atom stereocenters. The van der Waals surface area contributed by atoms with E-state index in [4.69, 9.17) is 9.47 Å². The van der Waals surface area contributed by atoms with E-state index in [-0.39, 0.29) is 12.0 Å². The first-order valence-corrected chi connectivity index (χ1v) is 7.47. The highest BCUT2D eigenvalue weighted by atomic mass is 19.4. The molecule has 1 aliphatic carbocycles. The number of aliphatic hydroxyl groups is 1. The van der Waals surface area contributed by atoms with Crippen LogP contribution in [0.15, 0.2) is 12.2 Å². The molecule has 1 rings (SSSR count). The molecule has 0 bridgehead atoms. The summed E-state index contributed by atoms with van der Waals surface area (Å²) in [6, 6.07) is 0. The van der Waals surface area contributed by atoms with E-state index in [2.05, 4.69) is 6.58 Å². The predicted octanol–water partition coefficient (Wildman–Crippen LogP) is 3.53. The summed E-state index contributed by atoms with van der Waals surface area (Å²) >= 11 is 0. The average Bonchev–Trinajstić information content (AvgIpc) is 2.67. The van der Waals surface area contributed by atoms with Gasteiger partial charge in [-0.2, -0.15) is 13.2 Å². The largest absolute Gasteiger partial charge is 0.459 e. The fourth-order valence-corrected chi connectivity index (χ4v) is 2.65. The molecule has 0 spiro atoms. The van der Waals surface area contributed by atoms with Crippen molar-refractivity contribution >= 4 is 5.97 Å². The molecule has 1 fully saturated rings. The van der Waals surface area contributed by atoms with Crippen LogP contribution in [0.1, 0.15) is 53.9 Å². The standard InChI is InChI=1S/C16H25F3O4/c1-10(2)12(20)22-11-7-8-14(5,9-11)23-13(3,4)15(6,21)16(17,18)19/h11,21H,1,7-9H2,2-6H3. The van der Waals surface area contributed by atoms with Crippen LogP contribution in [0.3, 0.4) is 0 Å². The minimum Gasteiger partial charge on any atom is -0.459 e. The molecule has 0 amide bonds. The highest BCUT2D eigenvalue weighted by Gasteiger charge is 2.61. The molecule has 134 valence electrons. The first-order chi connectivity index (χ1) is 10.1. The summed E-state index contributed by atoms with van der Waals surface area (Å²) in [6.45, 7) is 9.79. The van der Waals surface area contributed by atoms with Crippen molar-refractivity contribution < 1.29 is 32.5 Å². The van der Waals surface area contributed by atoms with Gasteiger partial charge in [0.1, 0.15) is 11.7 Å². The highest BCUT2D eigenvalue weighted by molar-refractivity contribution is 5.87. The lowest BCUT2D eigenvalue weighted by molar-refractivity contribution is -0.327. The van der Waals surface area contributed by atoms with Gasteiger partial charge in [0, 0.05) is 12.0 Å². The van der Waals surface area contributed by atoms with Crippen molar-refractivity contribution in [2.45, 2.75) is 83.0 Å². The van der Waals surface area contributed by atoms with Crippen LogP contribution in [-0.4, -0.2) is 40.2 Å². The summed E-state index contributed by atoms with van der Waals surface area (Å²) in [5.41, 5.74) is -5.51. The molecule has 1 aliphatic rings. The van der Waals surface area contributed by atoms with Crippen molar-refractivity contribution in [3.63, 3.8) is 0 Å². The number of hydrogen-bond acceptors (Lipinski definition) is 4. The van der Waals surface area contributed by atoms with Crippen LogP contribution in [0, 0.1) is 0 Å². The van der Waals surface area contributed by atoms with Gasteiger partial charge in [-0.15, -0.1) is 0 Å². The number of carbonyl (C=O) groups is 1. The number of alkyl halides is 3. The predicted molar refractivity (Wildman–Crippen MR) is 78.8 cm³/mol. The lowest BCUT2D eigenvalue weighted by Gasteiger charge is -2.45. The van der Waals surface area contributed by atoms with Gasteiger partial charge in [-0.25, -0.2) is 4.79 Å². The van der Waals surface area contributed by atoms with Crippen LogP contribution in [0.25, 0.3) is 0 Å². The topological polar surface area (TPSA) is 55.8 Å². The Hall–Kier alpha value is -1.08. The van der Waals surface area contributed by atoms with Gasteiger partial charge < -0.3 is 14.6 Å². The third-order valence-electron chi connectivity index (χ3n) is 4.50. The number of rotatable bonds is 5. The minimum absolute atomic E-state index is 0.264. The molecule has 1 N–H and O–H groups in total. The van der Waals surface area contributed by atoms with Gasteiger partial charge in [-0.1, -0.05) is 6.58 Å². The Morgan fingerprint density at radius 3 is 2.26 bits per heavy atom. The maximum Gasteiger partial charge on any atom is 0.419 e. The van der Waals surface area contributed by atoms with E-state index >= 15 is 0 Å². The SMILES string of the molecule is C=C(C)C(=O)OC1CCC(C)(OC(C)(C)C(C)(O)C(F)(F)F)C1. The van der Waals surface area contributed by atoms with Crippen LogP contribution >= 0.6 is 0 Å². The zero-order valence-corrected chi connectivity index (χ0v) is 14.2. The average molecular weight is 338 g/mol. The van der Waals surface area contributed by atoms with Crippen LogP contribution in [0.2, 0.25) is 0 Å². The van der Waals surface area contributed by atoms with E-state index in [1.54, 1.807) is 6.92 Å².